The zero-order valence-electron chi connectivity index (χ0n) is 16.4. The van der Waals surface area contributed by atoms with Gasteiger partial charge in [-0.2, -0.15) is 0 Å². The first-order valence-corrected chi connectivity index (χ1v) is 9.32. The summed E-state index contributed by atoms with van der Waals surface area (Å²) in [5, 5.41) is 8.74. The Morgan fingerprint density at radius 3 is 2.54 bits per heavy atom. The maximum atomic E-state index is 12.7. The van der Waals surface area contributed by atoms with Crippen molar-refractivity contribution >= 4 is 23.9 Å². The SMILES string of the molecule is CC(C)(C)OC(=O)N1CCC2(CC1)CC(=O)c1cc(/C=C/C(=O)O)ccc1O2. The van der Waals surface area contributed by atoms with Crippen LogP contribution in [0.5, 0.6) is 5.75 Å². The van der Waals surface area contributed by atoms with E-state index in [0.29, 0.717) is 42.8 Å². The van der Waals surface area contributed by atoms with Crippen LogP contribution in [0.25, 0.3) is 6.08 Å². The number of ketones is 1. The van der Waals surface area contributed by atoms with E-state index in [1.54, 1.807) is 23.1 Å². The van der Waals surface area contributed by atoms with E-state index in [4.69, 9.17) is 14.6 Å². The van der Waals surface area contributed by atoms with Gasteiger partial charge in [0.1, 0.15) is 17.0 Å². The van der Waals surface area contributed by atoms with E-state index < -0.39 is 17.2 Å². The van der Waals surface area contributed by atoms with Crippen molar-refractivity contribution in [3.05, 3.63) is 35.4 Å². The number of carboxylic acid groups (broad SMARTS) is 1. The van der Waals surface area contributed by atoms with Crippen LogP contribution in [0.3, 0.4) is 0 Å². The first-order chi connectivity index (χ1) is 13.1. The Balaban J connectivity index is 1.70. The first-order valence-electron chi connectivity index (χ1n) is 9.32. The van der Waals surface area contributed by atoms with Crippen LogP contribution in [0.4, 0.5) is 4.79 Å². The average Bonchev–Trinajstić information content (AvgIpc) is 2.59. The van der Waals surface area contributed by atoms with Gasteiger partial charge in [-0.25, -0.2) is 9.59 Å². The molecule has 0 bridgehead atoms. The van der Waals surface area contributed by atoms with Gasteiger partial charge in [0, 0.05) is 32.0 Å². The lowest BCUT2D eigenvalue weighted by molar-refractivity contribution is -0.131. The van der Waals surface area contributed by atoms with E-state index in [2.05, 4.69) is 0 Å². The van der Waals surface area contributed by atoms with E-state index in [-0.39, 0.29) is 18.3 Å². The highest BCUT2D eigenvalue weighted by Gasteiger charge is 2.44. The number of likely N-dealkylation sites (tertiary alicyclic amines) is 1. The lowest BCUT2D eigenvalue weighted by atomic mass is 9.82. The molecule has 0 radical (unpaired) electrons. The fraction of sp³-hybridized carbons (Fsp3) is 0.476. The van der Waals surface area contributed by atoms with E-state index in [0.717, 1.165) is 6.08 Å². The largest absolute Gasteiger partial charge is 0.486 e. The summed E-state index contributed by atoms with van der Waals surface area (Å²) < 4.78 is 11.6. The number of hydrogen-bond donors (Lipinski definition) is 1. The quantitative estimate of drug-likeness (QED) is 0.781. The number of carbonyl (C=O) groups is 3. The van der Waals surface area contributed by atoms with Gasteiger partial charge in [0.2, 0.25) is 0 Å². The molecule has 1 amide bonds. The van der Waals surface area contributed by atoms with Gasteiger partial charge in [-0.05, 0) is 44.5 Å². The monoisotopic (exact) mass is 387 g/mol. The van der Waals surface area contributed by atoms with Gasteiger partial charge in [-0.15, -0.1) is 0 Å². The smallest absolute Gasteiger partial charge is 0.410 e. The zero-order valence-corrected chi connectivity index (χ0v) is 16.4. The lowest BCUT2D eigenvalue weighted by Crippen LogP contribution is -2.52. The second-order valence-electron chi connectivity index (χ2n) is 8.28. The van der Waals surface area contributed by atoms with Crippen molar-refractivity contribution in [2.75, 3.05) is 13.1 Å². The maximum absolute atomic E-state index is 12.7. The number of fused-ring (bicyclic) bond motifs is 1. The molecule has 1 aromatic rings. The number of amides is 1. The van der Waals surface area contributed by atoms with Crippen molar-refractivity contribution in [1.82, 2.24) is 4.90 Å². The molecule has 1 spiro atoms. The third-order valence-corrected chi connectivity index (χ3v) is 4.86. The number of aliphatic carboxylic acids is 1. The number of carboxylic acids is 1. The van der Waals surface area contributed by atoms with Gasteiger partial charge in [-0.1, -0.05) is 6.07 Å². The molecular formula is C21H25NO6. The minimum absolute atomic E-state index is 0.0301. The second kappa shape index (κ2) is 7.30. The normalized spacial score (nSPS) is 18.7. The molecule has 2 heterocycles. The number of nitrogens with zero attached hydrogens (tertiary/aromatic N) is 1. The zero-order chi connectivity index (χ0) is 20.5. The van der Waals surface area contributed by atoms with Crippen molar-refractivity contribution in [2.24, 2.45) is 0 Å². The summed E-state index contributed by atoms with van der Waals surface area (Å²) in [5.41, 5.74) is -0.0578. The fourth-order valence-electron chi connectivity index (χ4n) is 3.48. The highest BCUT2D eigenvalue weighted by molar-refractivity contribution is 6.01. The van der Waals surface area contributed by atoms with Crippen LogP contribution in [0.1, 0.15) is 56.0 Å². The van der Waals surface area contributed by atoms with Crippen molar-refractivity contribution in [1.29, 1.82) is 0 Å². The topological polar surface area (TPSA) is 93.1 Å². The van der Waals surface area contributed by atoms with Gasteiger partial charge < -0.3 is 19.5 Å². The van der Waals surface area contributed by atoms with E-state index in [1.165, 1.54) is 6.08 Å². The molecule has 1 N–H and O–H groups in total. The second-order valence-corrected chi connectivity index (χ2v) is 8.28. The number of piperidine rings is 1. The summed E-state index contributed by atoms with van der Waals surface area (Å²) in [5.74, 6) is -0.567. The van der Waals surface area contributed by atoms with E-state index >= 15 is 0 Å². The Morgan fingerprint density at radius 2 is 1.93 bits per heavy atom. The molecule has 3 rings (SSSR count). The molecule has 28 heavy (non-hydrogen) atoms. The predicted octanol–water partition coefficient (Wildman–Crippen LogP) is 3.52. The van der Waals surface area contributed by atoms with E-state index in [9.17, 15) is 14.4 Å². The van der Waals surface area contributed by atoms with Crippen LogP contribution in [-0.4, -0.2) is 52.1 Å². The Labute approximate surface area is 163 Å². The molecular weight excluding hydrogens is 362 g/mol. The van der Waals surface area contributed by atoms with Crippen molar-refractivity contribution in [3.63, 3.8) is 0 Å². The van der Waals surface area contributed by atoms with Crippen LogP contribution in [0.2, 0.25) is 0 Å². The molecule has 2 aliphatic heterocycles. The molecule has 1 saturated heterocycles. The third-order valence-electron chi connectivity index (χ3n) is 4.86. The Bertz CT molecular complexity index is 828. The summed E-state index contributed by atoms with van der Waals surface area (Å²) in [6.07, 6.45) is 3.48. The Hall–Kier alpha value is -2.83. The van der Waals surface area contributed by atoms with Crippen molar-refractivity contribution < 1.29 is 29.0 Å². The van der Waals surface area contributed by atoms with Gasteiger partial charge in [0.25, 0.3) is 0 Å². The predicted molar refractivity (Wildman–Crippen MR) is 102 cm³/mol. The molecule has 1 aromatic carbocycles. The fourth-order valence-corrected chi connectivity index (χ4v) is 3.48. The molecule has 0 atom stereocenters. The highest BCUT2D eigenvalue weighted by Crippen LogP contribution is 2.40. The number of rotatable bonds is 2. The molecule has 1 fully saturated rings. The number of ether oxygens (including phenoxy) is 2. The molecule has 150 valence electrons. The molecule has 0 aromatic heterocycles. The summed E-state index contributed by atoms with van der Waals surface area (Å²) in [6, 6.07) is 5.08. The summed E-state index contributed by atoms with van der Waals surface area (Å²) in [6.45, 7) is 6.43. The van der Waals surface area contributed by atoms with E-state index in [1.807, 2.05) is 20.8 Å². The minimum Gasteiger partial charge on any atom is -0.486 e. The molecule has 7 heteroatoms. The summed E-state index contributed by atoms with van der Waals surface area (Å²) in [4.78, 5) is 37.3. The summed E-state index contributed by atoms with van der Waals surface area (Å²) in [7, 11) is 0. The minimum atomic E-state index is -1.05. The van der Waals surface area contributed by atoms with Crippen LogP contribution >= 0.6 is 0 Å². The molecule has 0 saturated carbocycles. The van der Waals surface area contributed by atoms with Crippen LogP contribution < -0.4 is 4.74 Å². The van der Waals surface area contributed by atoms with Crippen LogP contribution in [0.15, 0.2) is 24.3 Å². The standard InChI is InChI=1S/C21H25NO6/c1-20(2,3)28-19(26)22-10-8-21(9-11-22)13-16(23)15-12-14(5-7-18(24)25)4-6-17(15)27-21/h4-7,12H,8-11,13H2,1-3H3,(H,24,25)/b7-5+. The number of carbonyl (C=O) groups excluding carboxylic acids is 2. The van der Waals surface area contributed by atoms with Crippen molar-refractivity contribution in [2.45, 2.75) is 51.2 Å². The molecule has 0 aliphatic carbocycles. The molecule has 0 unspecified atom stereocenters. The first kappa shape index (κ1) is 19.9. The Kier molecular flexibility index (Phi) is 5.19. The van der Waals surface area contributed by atoms with Crippen LogP contribution in [0, 0.1) is 0 Å². The number of benzene rings is 1. The molecule has 2 aliphatic rings. The average molecular weight is 387 g/mol. The Morgan fingerprint density at radius 1 is 1.25 bits per heavy atom. The van der Waals surface area contributed by atoms with Gasteiger partial charge in [0.15, 0.2) is 5.78 Å². The number of hydrogen-bond acceptors (Lipinski definition) is 5. The van der Waals surface area contributed by atoms with Gasteiger partial charge >= 0.3 is 12.1 Å². The third kappa shape index (κ3) is 4.52. The maximum Gasteiger partial charge on any atom is 0.410 e. The highest BCUT2D eigenvalue weighted by atomic mass is 16.6. The van der Waals surface area contributed by atoms with Crippen molar-refractivity contribution in [3.8, 4) is 5.75 Å². The van der Waals surface area contributed by atoms with Crippen LogP contribution in [-0.2, 0) is 9.53 Å². The molecule has 7 nitrogen and oxygen atoms in total. The van der Waals surface area contributed by atoms with Gasteiger partial charge in [0.05, 0.1) is 12.0 Å². The van der Waals surface area contributed by atoms with Gasteiger partial charge in [-0.3, -0.25) is 4.79 Å². The summed E-state index contributed by atoms with van der Waals surface area (Å²) >= 11 is 0. The number of Topliss-reactive ketones (excluding diaryl/α,β-unsaturated/α-hetero) is 1. The lowest BCUT2D eigenvalue weighted by Gasteiger charge is -2.44.